The van der Waals surface area contributed by atoms with Gasteiger partial charge in [0.1, 0.15) is 5.82 Å². The second kappa shape index (κ2) is 4.53. The van der Waals surface area contributed by atoms with E-state index in [1.807, 2.05) is 11.6 Å². The summed E-state index contributed by atoms with van der Waals surface area (Å²) in [5, 5.41) is 7.52. The zero-order valence-corrected chi connectivity index (χ0v) is 9.75. The lowest BCUT2D eigenvalue weighted by molar-refractivity contribution is 0.304. The highest BCUT2D eigenvalue weighted by atomic mass is 15.4. The van der Waals surface area contributed by atoms with Gasteiger partial charge in [-0.15, -0.1) is 0 Å². The van der Waals surface area contributed by atoms with Crippen LogP contribution in [-0.4, -0.2) is 22.9 Å². The zero-order valence-electron chi connectivity index (χ0n) is 9.75. The highest BCUT2D eigenvalue weighted by molar-refractivity contribution is 5.61. The fraction of sp³-hybridized carbons (Fsp3) is 0.700. The number of aromatic nitrogens is 2. The van der Waals surface area contributed by atoms with Crippen molar-refractivity contribution in [1.82, 2.24) is 9.78 Å². The second-order valence-corrected chi connectivity index (χ2v) is 4.24. The van der Waals surface area contributed by atoms with Crippen LogP contribution in [0.25, 0.3) is 0 Å². The van der Waals surface area contributed by atoms with Gasteiger partial charge in [0.25, 0.3) is 0 Å². The predicted molar refractivity (Wildman–Crippen MR) is 63.8 cm³/mol. The van der Waals surface area contributed by atoms with Gasteiger partial charge in [-0.05, 0) is 33.7 Å². The first-order valence-corrected chi connectivity index (χ1v) is 5.31. The van der Waals surface area contributed by atoms with E-state index < -0.39 is 0 Å². The number of nitrogens with one attached hydrogen (secondary N) is 1. The number of hydrogen-bond acceptors (Lipinski definition) is 4. The minimum Gasteiger partial charge on any atom is -0.394 e. The van der Waals surface area contributed by atoms with Crippen molar-refractivity contribution < 1.29 is 0 Å². The predicted octanol–water partition coefficient (Wildman–Crippen LogP) is 0.981. The molecular weight excluding hydrogens is 190 g/mol. The summed E-state index contributed by atoms with van der Waals surface area (Å²) < 4.78 is 1.92. The summed E-state index contributed by atoms with van der Waals surface area (Å²) in [4.78, 5) is 0. The first-order chi connectivity index (χ1) is 7.03. The van der Waals surface area contributed by atoms with Gasteiger partial charge in [-0.1, -0.05) is 0 Å². The van der Waals surface area contributed by atoms with Crippen LogP contribution in [0.5, 0.6) is 0 Å². The number of rotatable bonds is 5. The van der Waals surface area contributed by atoms with Crippen molar-refractivity contribution in [2.24, 2.45) is 5.73 Å². The Kier molecular flexibility index (Phi) is 3.57. The fourth-order valence-corrected chi connectivity index (χ4v) is 1.62. The van der Waals surface area contributed by atoms with Gasteiger partial charge in [-0.3, -0.25) is 0 Å². The molecule has 0 bridgehead atoms. The average molecular weight is 211 g/mol. The molecule has 0 saturated carbocycles. The lowest BCUT2D eigenvalue weighted by Crippen LogP contribution is -2.31. The highest BCUT2D eigenvalue weighted by Gasteiger charge is 2.24. The summed E-state index contributed by atoms with van der Waals surface area (Å²) >= 11 is 0. The van der Waals surface area contributed by atoms with Crippen LogP contribution in [0.2, 0.25) is 0 Å². The van der Waals surface area contributed by atoms with Gasteiger partial charge >= 0.3 is 0 Å². The van der Waals surface area contributed by atoms with Crippen LogP contribution in [0, 0.1) is 0 Å². The lowest BCUT2D eigenvalue weighted by atomic mass is 10.0. The third-order valence-corrected chi connectivity index (χ3v) is 2.47. The molecule has 15 heavy (non-hydrogen) atoms. The maximum absolute atomic E-state index is 5.84. The molecule has 0 aliphatic carbocycles. The average Bonchev–Trinajstić information content (AvgIpc) is 2.49. The zero-order chi connectivity index (χ0) is 11.5. The van der Waals surface area contributed by atoms with Crippen molar-refractivity contribution in [2.45, 2.75) is 32.7 Å². The highest BCUT2D eigenvalue weighted by Crippen LogP contribution is 2.27. The molecule has 0 saturated heterocycles. The van der Waals surface area contributed by atoms with Crippen LogP contribution in [0.3, 0.4) is 0 Å². The van der Waals surface area contributed by atoms with E-state index in [4.69, 9.17) is 11.5 Å². The number of hydrogen-bond donors (Lipinski definition) is 3. The Morgan fingerprint density at radius 1 is 1.53 bits per heavy atom. The third-order valence-electron chi connectivity index (χ3n) is 2.47. The number of nitrogens with two attached hydrogens (primary N) is 2. The maximum Gasteiger partial charge on any atom is 0.148 e. The summed E-state index contributed by atoms with van der Waals surface area (Å²) in [5.41, 5.74) is 12.0. The minimum atomic E-state index is -0.107. The molecule has 0 aliphatic heterocycles. The van der Waals surface area contributed by atoms with Crippen molar-refractivity contribution in [3.8, 4) is 0 Å². The molecule has 1 aromatic rings. The van der Waals surface area contributed by atoms with E-state index in [2.05, 4.69) is 24.3 Å². The van der Waals surface area contributed by atoms with E-state index in [1.165, 1.54) is 0 Å². The fourth-order valence-electron chi connectivity index (χ4n) is 1.62. The molecule has 1 heterocycles. The standard InChI is InChI=1S/C10H21N5/c1-4-13-9-8(12)7-14-15(9)10(2,3)5-6-11/h7,13H,4-6,11-12H2,1-3H3. The van der Waals surface area contributed by atoms with Crippen LogP contribution in [0.4, 0.5) is 11.5 Å². The molecule has 1 rings (SSSR count). The van der Waals surface area contributed by atoms with Crippen molar-refractivity contribution in [2.75, 3.05) is 24.1 Å². The normalized spacial score (nSPS) is 11.7. The molecule has 0 spiro atoms. The van der Waals surface area contributed by atoms with Gasteiger partial charge in [-0.25, -0.2) is 4.68 Å². The van der Waals surface area contributed by atoms with Gasteiger partial charge in [-0.2, -0.15) is 5.10 Å². The monoisotopic (exact) mass is 211 g/mol. The molecule has 0 aliphatic rings. The smallest absolute Gasteiger partial charge is 0.148 e. The SMILES string of the molecule is CCNc1c(N)cnn1C(C)(C)CCN. The Hall–Kier alpha value is -1.23. The molecule has 5 nitrogen and oxygen atoms in total. The Morgan fingerprint density at radius 2 is 2.20 bits per heavy atom. The quantitative estimate of drug-likeness (QED) is 0.678. The topological polar surface area (TPSA) is 81.9 Å². The summed E-state index contributed by atoms with van der Waals surface area (Å²) in [5.74, 6) is 0.885. The van der Waals surface area contributed by atoms with Crippen LogP contribution in [-0.2, 0) is 5.54 Å². The summed E-state index contributed by atoms with van der Waals surface area (Å²) in [6, 6.07) is 0. The number of nitrogen functional groups attached to an aromatic ring is 1. The van der Waals surface area contributed by atoms with Gasteiger partial charge in [0.05, 0.1) is 17.4 Å². The van der Waals surface area contributed by atoms with E-state index >= 15 is 0 Å². The summed E-state index contributed by atoms with van der Waals surface area (Å²) in [6.07, 6.45) is 2.54. The first kappa shape index (κ1) is 11.8. The summed E-state index contributed by atoms with van der Waals surface area (Å²) in [6.45, 7) is 7.71. The van der Waals surface area contributed by atoms with Crippen LogP contribution in [0.15, 0.2) is 6.20 Å². The molecule has 86 valence electrons. The first-order valence-electron chi connectivity index (χ1n) is 5.31. The van der Waals surface area contributed by atoms with Crippen LogP contribution >= 0.6 is 0 Å². The molecule has 5 N–H and O–H groups in total. The van der Waals surface area contributed by atoms with Gasteiger partial charge in [0.15, 0.2) is 0 Å². The van der Waals surface area contributed by atoms with Gasteiger partial charge in [0, 0.05) is 6.54 Å². The Balaban J connectivity index is 3.02. The van der Waals surface area contributed by atoms with Crippen molar-refractivity contribution in [1.29, 1.82) is 0 Å². The molecule has 5 heteroatoms. The lowest BCUT2D eigenvalue weighted by Gasteiger charge is -2.27. The Labute approximate surface area is 90.8 Å². The molecule has 0 amide bonds. The van der Waals surface area contributed by atoms with E-state index in [0.717, 1.165) is 18.8 Å². The second-order valence-electron chi connectivity index (χ2n) is 4.24. The van der Waals surface area contributed by atoms with Crippen molar-refractivity contribution >= 4 is 11.5 Å². The van der Waals surface area contributed by atoms with Crippen LogP contribution in [0.1, 0.15) is 27.2 Å². The van der Waals surface area contributed by atoms with E-state index in [9.17, 15) is 0 Å². The van der Waals surface area contributed by atoms with Gasteiger partial charge < -0.3 is 16.8 Å². The molecule has 0 unspecified atom stereocenters. The third kappa shape index (κ3) is 2.41. The minimum absolute atomic E-state index is 0.107. The molecule has 0 fully saturated rings. The van der Waals surface area contributed by atoms with Crippen molar-refractivity contribution in [3.05, 3.63) is 6.20 Å². The molecule has 0 atom stereocenters. The van der Waals surface area contributed by atoms with Crippen LogP contribution < -0.4 is 16.8 Å². The van der Waals surface area contributed by atoms with E-state index in [1.54, 1.807) is 6.20 Å². The van der Waals surface area contributed by atoms with E-state index in [-0.39, 0.29) is 5.54 Å². The Bertz CT molecular complexity index is 316. The maximum atomic E-state index is 5.84. The van der Waals surface area contributed by atoms with E-state index in [0.29, 0.717) is 12.2 Å². The van der Waals surface area contributed by atoms with Crippen molar-refractivity contribution in [3.63, 3.8) is 0 Å². The largest absolute Gasteiger partial charge is 0.394 e. The summed E-state index contributed by atoms with van der Waals surface area (Å²) in [7, 11) is 0. The Morgan fingerprint density at radius 3 is 2.73 bits per heavy atom. The number of anilines is 2. The van der Waals surface area contributed by atoms with Gasteiger partial charge in [0.2, 0.25) is 0 Å². The molecule has 1 aromatic heterocycles. The number of nitrogens with zero attached hydrogens (tertiary/aromatic N) is 2. The molecule has 0 radical (unpaired) electrons. The molecule has 0 aromatic carbocycles. The molecular formula is C10H21N5.